The summed E-state index contributed by atoms with van der Waals surface area (Å²) in [4.78, 5) is 38.6. The largest absolute Gasteiger partial charge is 0.493 e. The van der Waals surface area contributed by atoms with Crippen LogP contribution in [0.1, 0.15) is 11.1 Å². The Hall–Kier alpha value is -2.68. The van der Waals surface area contributed by atoms with Crippen molar-refractivity contribution in [2.75, 3.05) is 26.1 Å². The fourth-order valence-corrected chi connectivity index (χ4v) is 4.13. The molecule has 3 amide bonds. The van der Waals surface area contributed by atoms with Gasteiger partial charge in [-0.3, -0.25) is 19.3 Å². The van der Waals surface area contributed by atoms with Crippen molar-refractivity contribution in [3.05, 3.63) is 56.4 Å². The number of amides is 3. The molecule has 0 aliphatic carbocycles. The highest BCUT2D eigenvalue weighted by atomic mass is 35.5. The van der Waals surface area contributed by atoms with E-state index in [4.69, 9.17) is 32.7 Å². The van der Waals surface area contributed by atoms with Gasteiger partial charge < -0.3 is 14.8 Å². The molecule has 0 atom stereocenters. The maximum absolute atomic E-state index is 12.7. The number of hydrogen-bond acceptors (Lipinski definition) is 6. The van der Waals surface area contributed by atoms with Crippen molar-refractivity contribution in [3.8, 4) is 11.5 Å². The number of carbonyl (C=O) groups is 3. The number of imide groups is 1. The van der Waals surface area contributed by atoms with Crippen LogP contribution in [0.3, 0.4) is 0 Å². The Morgan fingerprint density at radius 1 is 1.13 bits per heavy atom. The molecule has 3 rings (SSSR count). The van der Waals surface area contributed by atoms with Crippen LogP contribution in [0.15, 0.2) is 35.2 Å². The highest BCUT2D eigenvalue weighted by molar-refractivity contribution is 8.18. The third-order valence-electron chi connectivity index (χ3n) is 4.43. The van der Waals surface area contributed by atoms with Gasteiger partial charge in [-0.05, 0) is 54.1 Å². The minimum absolute atomic E-state index is 0.191. The normalized spacial score (nSPS) is 14.9. The fraction of sp³-hybridized carbons (Fsp3) is 0.190. The Morgan fingerprint density at radius 2 is 1.84 bits per heavy atom. The number of anilines is 1. The molecule has 0 radical (unpaired) electrons. The smallest absolute Gasteiger partial charge is 0.294 e. The van der Waals surface area contributed by atoms with Crippen LogP contribution in [-0.4, -0.2) is 42.7 Å². The first-order valence-corrected chi connectivity index (χ1v) is 10.5. The molecule has 1 heterocycles. The second kappa shape index (κ2) is 9.64. The van der Waals surface area contributed by atoms with Crippen LogP contribution in [0.4, 0.5) is 10.5 Å². The van der Waals surface area contributed by atoms with Crippen molar-refractivity contribution < 1.29 is 23.9 Å². The Balaban J connectivity index is 1.76. The van der Waals surface area contributed by atoms with E-state index in [1.54, 1.807) is 43.3 Å². The molecule has 1 fully saturated rings. The predicted octanol–water partition coefficient (Wildman–Crippen LogP) is 4.99. The third-order valence-corrected chi connectivity index (χ3v) is 6.14. The van der Waals surface area contributed by atoms with Crippen molar-refractivity contribution in [3.63, 3.8) is 0 Å². The van der Waals surface area contributed by atoms with Gasteiger partial charge in [0.15, 0.2) is 11.5 Å². The Kier molecular flexibility index (Phi) is 7.15. The van der Waals surface area contributed by atoms with E-state index >= 15 is 0 Å². The minimum atomic E-state index is -0.593. The number of methoxy groups -OCH3 is 2. The summed E-state index contributed by atoms with van der Waals surface area (Å²) in [6.07, 6.45) is 1.55. The Labute approximate surface area is 193 Å². The summed E-state index contributed by atoms with van der Waals surface area (Å²) in [5.41, 5.74) is 1.61. The van der Waals surface area contributed by atoms with Gasteiger partial charge in [-0.1, -0.05) is 35.3 Å². The van der Waals surface area contributed by atoms with E-state index in [-0.39, 0.29) is 15.6 Å². The SMILES string of the molecule is COc1ccc(/C=C2/SC(=O)N(CC(=O)Nc3c(Cl)ccc(C)c3Cl)C2=O)cc1OC. The van der Waals surface area contributed by atoms with E-state index in [9.17, 15) is 14.4 Å². The lowest BCUT2D eigenvalue weighted by atomic mass is 10.2. The minimum Gasteiger partial charge on any atom is -0.493 e. The number of carbonyl (C=O) groups excluding carboxylic acids is 3. The predicted molar refractivity (Wildman–Crippen MR) is 122 cm³/mol. The summed E-state index contributed by atoms with van der Waals surface area (Å²) in [5, 5.41) is 2.57. The molecular weight excluding hydrogens is 463 g/mol. The van der Waals surface area contributed by atoms with E-state index in [1.807, 2.05) is 0 Å². The fourth-order valence-electron chi connectivity index (χ4n) is 2.82. The second-order valence-electron chi connectivity index (χ2n) is 6.48. The summed E-state index contributed by atoms with van der Waals surface area (Å²) in [5.74, 6) is -0.134. The molecule has 1 N–H and O–H groups in total. The lowest BCUT2D eigenvalue weighted by Crippen LogP contribution is -2.36. The van der Waals surface area contributed by atoms with Gasteiger partial charge in [0.2, 0.25) is 5.91 Å². The van der Waals surface area contributed by atoms with Crippen LogP contribution in [-0.2, 0) is 9.59 Å². The zero-order valence-electron chi connectivity index (χ0n) is 16.8. The molecule has 10 heteroatoms. The van der Waals surface area contributed by atoms with Gasteiger partial charge >= 0.3 is 0 Å². The van der Waals surface area contributed by atoms with Crippen molar-refractivity contribution in [1.82, 2.24) is 4.90 Å². The van der Waals surface area contributed by atoms with Gasteiger partial charge in [-0.15, -0.1) is 0 Å². The number of nitrogens with zero attached hydrogens (tertiary/aromatic N) is 1. The molecule has 31 heavy (non-hydrogen) atoms. The molecule has 2 aromatic carbocycles. The highest BCUT2D eigenvalue weighted by Gasteiger charge is 2.36. The summed E-state index contributed by atoms with van der Waals surface area (Å²) >= 11 is 13.0. The number of benzene rings is 2. The number of rotatable bonds is 6. The molecule has 1 saturated heterocycles. The topological polar surface area (TPSA) is 84.9 Å². The molecule has 0 spiro atoms. The molecule has 0 bridgehead atoms. The first-order valence-electron chi connectivity index (χ1n) is 8.97. The van der Waals surface area contributed by atoms with E-state index in [0.29, 0.717) is 22.1 Å². The first kappa shape index (κ1) is 23.0. The standard InChI is InChI=1S/C21H18Cl2N2O5S/c1-11-4-6-13(22)19(18(11)23)24-17(26)10-25-20(27)16(31-21(25)28)9-12-5-7-14(29-2)15(8-12)30-3/h4-9H,10H2,1-3H3,(H,24,26)/b16-9+. The number of halogens is 2. The third kappa shape index (κ3) is 4.98. The van der Waals surface area contributed by atoms with E-state index in [0.717, 1.165) is 22.2 Å². The summed E-state index contributed by atoms with van der Waals surface area (Å²) < 4.78 is 10.4. The molecule has 7 nitrogen and oxygen atoms in total. The van der Waals surface area contributed by atoms with Crippen molar-refractivity contribution >= 4 is 63.8 Å². The molecule has 162 valence electrons. The molecular formula is C21H18Cl2N2O5S. The molecule has 0 aromatic heterocycles. The van der Waals surface area contributed by atoms with E-state index < -0.39 is 23.6 Å². The highest BCUT2D eigenvalue weighted by Crippen LogP contribution is 2.35. The molecule has 0 unspecified atom stereocenters. The number of aryl methyl sites for hydroxylation is 1. The van der Waals surface area contributed by atoms with Crippen molar-refractivity contribution in [2.24, 2.45) is 0 Å². The number of hydrogen-bond donors (Lipinski definition) is 1. The number of ether oxygens (including phenoxy) is 2. The van der Waals surface area contributed by atoms with E-state index in [2.05, 4.69) is 5.32 Å². The van der Waals surface area contributed by atoms with Crippen LogP contribution in [0.25, 0.3) is 6.08 Å². The molecule has 1 aliphatic rings. The zero-order chi connectivity index (χ0) is 22.7. The monoisotopic (exact) mass is 480 g/mol. The number of nitrogens with one attached hydrogen (secondary N) is 1. The van der Waals surface area contributed by atoms with Crippen molar-refractivity contribution in [1.29, 1.82) is 0 Å². The summed E-state index contributed by atoms with van der Waals surface area (Å²) in [7, 11) is 3.02. The van der Waals surface area contributed by atoms with Crippen LogP contribution < -0.4 is 14.8 Å². The quantitative estimate of drug-likeness (QED) is 0.585. The molecule has 2 aromatic rings. The van der Waals surface area contributed by atoms with Gasteiger partial charge in [0.05, 0.1) is 34.9 Å². The van der Waals surface area contributed by atoms with Crippen LogP contribution in [0.5, 0.6) is 11.5 Å². The number of thioether (sulfide) groups is 1. The zero-order valence-corrected chi connectivity index (χ0v) is 19.2. The summed E-state index contributed by atoms with van der Waals surface area (Å²) in [6.45, 7) is 1.30. The van der Waals surface area contributed by atoms with Gasteiger partial charge in [-0.2, -0.15) is 0 Å². The summed E-state index contributed by atoms with van der Waals surface area (Å²) in [6, 6.07) is 8.42. The second-order valence-corrected chi connectivity index (χ2v) is 8.26. The van der Waals surface area contributed by atoms with Crippen LogP contribution >= 0.6 is 35.0 Å². The maximum Gasteiger partial charge on any atom is 0.294 e. The van der Waals surface area contributed by atoms with Gasteiger partial charge in [-0.25, -0.2) is 0 Å². The lowest BCUT2D eigenvalue weighted by Gasteiger charge is -2.14. The maximum atomic E-state index is 12.7. The average Bonchev–Trinajstić information content (AvgIpc) is 3.01. The molecule has 0 saturated carbocycles. The van der Waals surface area contributed by atoms with E-state index in [1.165, 1.54) is 14.2 Å². The van der Waals surface area contributed by atoms with Crippen LogP contribution in [0.2, 0.25) is 10.0 Å². The van der Waals surface area contributed by atoms with Gasteiger partial charge in [0.25, 0.3) is 11.1 Å². The first-order chi connectivity index (χ1) is 14.7. The molecule has 1 aliphatic heterocycles. The Bertz CT molecular complexity index is 1100. The van der Waals surface area contributed by atoms with Gasteiger partial charge in [0.1, 0.15) is 6.54 Å². The average molecular weight is 481 g/mol. The Morgan fingerprint density at radius 3 is 2.52 bits per heavy atom. The van der Waals surface area contributed by atoms with Crippen molar-refractivity contribution in [2.45, 2.75) is 6.92 Å². The van der Waals surface area contributed by atoms with Crippen LogP contribution in [0, 0.1) is 6.92 Å². The van der Waals surface area contributed by atoms with Gasteiger partial charge in [0, 0.05) is 0 Å². The lowest BCUT2D eigenvalue weighted by molar-refractivity contribution is -0.127.